The second-order valence-electron chi connectivity index (χ2n) is 5.32. The molecule has 118 valence electrons. The minimum absolute atomic E-state index is 0.0355. The Bertz CT molecular complexity index is 814. The fraction of sp³-hybridized carbons (Fsp3) is 0.429. The number of fused-ring (bicyclic) bond motifs is 1. The number of rotatable bonds is 4. The number of amides is 1. The van der Waals surface area contributed by atoms with E-state index in [9.17, 15) is 13.2 Å². The molecule has 1 amide bonds. The summed E-state index contributed by atoms with van der Waals surface area (Å²) >= 11 is 2.86. The molecular formula is C14H16N2O3S3. The zero-order valence-corrected chi connectivity index (χ0v) is 14.5. The third kappa shape index (κ3) is 3.61. The summed E-state index contributed by atoms with van der Waals surface area (Å²) in [5.74, 6) is 0.551. The van der Waals surface area contributed by atoms with E-state index in [4.69, 9.17) is 0 Å². The number of carbonyl (C=O) groups excluding carboxylic acids is 1. The minimum atomic E-state index is -2.89. The molecule has 1 aromatic heterocycles. The Kier molecular flexibility index (Phi) is 4.42. The van der Waals surface area contributed by atoms with Crippen LogP contribution < -0.4 is 5.32 Å². The summed E-state index contributed by atoms with van der Waals surface area (Å²) in [5, 5.41) is 3.43. The van der Waals surface area contributed by atoms with Crippen molar-refractivity contribution in [3.8, 4) is 0 Å². The highest BCUT2D eigenvalue weighted by atomic mass is 32.2. The Balaban J connectivity index is 1.58. The highest BCUT2D eigenvalue weighted by Crippen LogP contribution is 2.28. The van der Waals surface area contributed by atoms with Gasteiger partial charge in [0.1, 0.15) is 0 Å². The fourth-order valence-electron chi connectivity index (χ4n) is 2.38. The average molecular weight is 356 g/mol. The molecule has 0 radical (unpaired) electrons. The highest BCUT2D eigenvalue weighted by Gasteiger charge is 2.28. The quantitative estimate of drug-likeness (QED) is 0.911. The molecule has 1 N–H and O–H groups in total. The van der Waals surface area contributed by atoms with Gasteiger partial charge in [0.05, 0.1) is 27.5 Å². The van der Waals surface area contributed by atoms with Crippen LogP contribution in [-0.2, 0) is 14.6 Å². The van der Waals surface area contributed by atoms with E-state index in [1.54, 1.807) is 0 Å². The normalized spacial score (nSPS) is 20.3. The molecule has 0 unspecified atom stereocenters. The van der Waals surface area contributed by atoms with E-state index < -0.39 is 9.84 Å². The van der Waals surface area contributed by atoms with Gasteiger partial charge in [-0.1, -0.05) is 23.5 Å². The maximum absolute atomic E-state index is 12.0. The van der Waals surface area contributed by atoms with Crippen molar-refractivity contribution < 1.29 is 13.2 Å². The molecule has 2 aromatic rings. The SMILES string of the molecule is Cc1cccc2sc(NC(=O)CS[C@H]3CCS(=O)(=O)C3)nc12. The van der Waals surface area contributed by atoms with Crippen LogP contribution in [0.25, 0.3) is 10.2 Å². The molecule has 1 atom stereocenters. The van der Waals surface area contributed by atoms with Crippen LogP contribution in [-0.4, -0.2) is 41.8 Å². The number of para-hydroxylation sites is 1. The van der Waals surface area contributed by atoms with Crippen molar-refractivity contribution in [2.24, 2.45) is 0 Å². The molecule has 0 aliphatic carbocycles. The number of hydrogen-bond donors (Lipinski definition) is 1. The first-order chi connectivity index (χ1) is 10.4. The van der Waals surface area contributed by atoms with Gasteiger partial charge < -0.3 is 5.32 Å². The fourth-order valence-corrected chi connectivity index (χ4v) is 6.78. The second-order valence-corrected chi connectivity index (χ2v) is 9.87. The van der Waals surface area contributed by atoms with Crippen LogP contribution in [0.1, 0.15) is 12.0 Å². The predicted molar refractivity (Wildman–Crippen MR) is 92.5 cm³/mol. The highest BCUT2D eigenvalue weighted by molar-refractivity contribution is 8.02. The monoisotopic (exact) mass is 356 g/mol. The van der Waals surface area contributed by atoms with Crippen LogP contribution in [0.2, 0.25) is 0 Å². The van der Waals surface area contributed by atoms with Crippen molar-refractivity contribution in [3.63, 3.8) is 0 Å². The summed E-state index contributed by atoms with van der Waals surface area (Å²) in [6, 6.07) is 5.94. The molecular weight excluding hydrogens is 340 g/mol. The van der Waals surface area contributed by atoms with Crippen LogP contribution in [0.5, 0.6) is 0 Å². The van der Waals surface area contributed by atoms with Gasteiger partial charge in [0, 0.05) is 5.25 Å². The molecule has 1 aliphatic rings. The smallest absolute Gasteiger partial charge is 0.236 e. The first-order valence-corrected chi connectivity index (χ1v) is 10.6. The number of hydrogen-bond acceptors (Lipinski definition) is 6. The molecule has 2 heterocycles. The van der Waals surface area contributed by atoms with E-state index in [2.05, 4.69) is 10.3 Å². The lowest BCUT2D eigenvalue weighted by atomic mass is 10.2. The van der Waals surface area contributed by atoms with Crippen LogP contribution in [0.4, 0.5) is 5.13 Å². The number of nitrogens with zero attached hydrogens (tertiary/aromatic N) is 1. The van der Waals surface area contributed by atoms with Gasteiger partial charge in [0.25, 0.3) is 0 Å². The molecule has 1 saturated heterocycles. The lowest BCUT2D eigenvalue weighted by Gasteiger charge is -2.06. The van der Waals surface area contributed by atoms with Gasteiger partial charge >= 0.3 is 0 Å². The maximum atomic E-state index is 12.0. The number of anilines is 1. The van der Waals surface area contributed by atoms with Gasteiger partial charge in [-0.05, 0) is 25.0 Å². The van der Waals surface area contributed by atoms with E-state index in [1.807, 2.05) is 25.1 Å². The lowest BCUT2D eigenvalue weighted by Crippen LogP contribution is -2.17. The molecule has 0 spiro atoms. The molecule has 0 saturated carbocycles. The van der Waals surface area contributed by atoms with E-state index in [0.717, 1.165) is 15.8 Å². The van der Waals surface area contributed by atoms with Crippen molar-refractivity contribution in [3.05, 3.63) is 23.8 Å². The van der Waals surface area contributed by atoms with Gasteiger partial charge in [-0.2, -0.15) is 0 Å². The summed E-state index contributed by atoms with van der Waals surface area (Å²) in [6.07, 6.45) is 0.639. The number of benzene rings is 1. The standard InChI is InChI=1S/C14H16N2O3S3/c1-9-3-2-4-11-13(9)16-14(21-11)15-12(17)7-20-10-5-6-22(18,19)8-10/h2-4,10H,5-8H2,1H3,(H,15,16,17)/t10-/m0/s1. The predicted octanol–water partition coefficient (Wildman–Crippen LogP) is 2.46. The molecule has 1 aromatic carbocycles. The van der Waals surface area contributed by atoms with Crippen molar-refractivity contribution in [2.45, 2.75) is 18.6 Å². The van der Waals surface area contributed by atoms with Crippen molar-refractivity contribution in [2.75, 3.05) is 22.6 Å². The molecule has 8 heteroatoms. The third-order valence-corrected chi connectivity index (χ3v) is 7.73. The summed E-state index contributed by atoms with van der Waals surface area (Å²) in [6.45, 7) is 1.99. The van der Waals surface area contributed by atoms with Crippen molar-refractivity contribution in [1.82, 2.24) is 4.98 Å². The number of thioether (sulfide) groups is 1. The van der Waals surface area contributed by atoms with Crippen molar-refractivity contribution >= 4 is 54.2 Å². The molecule has 1 fully saturated rings. The van der Waals surface area contributed by atoms with Gasteiger partial charge in [-0.15, -0.1) is 11.8 Å². The van der Waals surface area contributed by atoms with Crippen LogP contribution in [0.15, 0.2) is 18.2 Å². The Morgan fingerprint density at radius 1 is 1.50 bits per heavy atom. The van der Waals surface area contributed by atoms with Gasteiger partial charge in [0.2, 0.25) is 5.91 Å². The summed E-state index contributed by atoms with van der Waals surface area (Å²) in [4.78, 5) is 16.4. The molecule has 1 aliphatic heterocycles. The summed E-state index contributed by atoms with van der Waals surface area (Å²) in [5.41, 5.74) is 2.00. The molecule has 0 bridgehead atoms. The van der Waals surface area contributed by atoms with Crippen LogP contribution >= 0.6 is 23.1 Å². The van der Waals surface area contributed by atoms with Gasteiger partial charge in [-0.25, -0.2) is 13.4 Å². The topological polar surface area (TPSA) is 76.1 Å². The van der Waals surface area contributed by atoms with E-state index >= 15 is 0 Å². The van der Waals surface area contributed by atoms with E-state index in [1.165, 1.54) is 23.1 Å². The number of nitrogens with one attached hydrogen (secondary N) is 1. The first-order valence-electron chi connectivity index (χ1n) is 6.91. The second kappa shape index (κ2) is 6.17. The number of aryl methyl sites for hydroxylation is 1. The lowest BCUT2D eigenvalue weighted by molar-refractivity contribution is -0.113. The largest absolute Gasteiger partial charge is 0.301 e. The Hall–Kier alpha value is -1.12. The van der Waals surface area contributed by atoms with E-state index in [-0.39, 0.29) is 28.4 Å². The van der Waals surface area contributed by atoms with Crippen LogP contribution in [0, 0.1) is 6.92 Å². The zero-order valence-electron chi connectivity index (χ0n) is 12.0. The summed E-state index contributed by atoms with van der Waals surface area (Å²) in [7, 11) is -2.89. The zero-order chi connectivity index (χ0) is 15.7. The molecule has 3 rings (SSSR count). The molecule has 22 heavy (non-hydrogen) atoms. The third-order valence-electron chi connectivity index (χ3n) is 3.51. The first kappa shape index (κ1) is 15.8. The molecule has 5 nitrogen and oxygen atoms in total. The number of thiazole rings is 1. The Morgan fingerprint density at radius 2 is 2.32 bits per heavy atom. The average Bonchev–Trinajstić information content (AvgIpc) is 3.00. The minimum Gasteiger partial charge on any atom is -0.301 e. The number of carbonyl (C=O) groups is 1. The number of sulfone groups is 1. The van der Waals surface area contributed by atoms with Gasteiger partial charge in [-0.3, -0.25) is 4.79 Å². The summed E-state index contributed by atoms with van der Waals surface area (Å²) < 4.78 is 23.8. The Labute approximate surface area is 137 Å². The van der Waals surface area contributed by atoms with Gasteiger partial charge in [0.15, 0.2) is 15.0 Å². The Morgan fingerprint density at radius 3 is 3.00 bits per heavy atom. The van der Waals surface area contributed by atoms with Crippen LogP contribution in [0.3, 0.4) is 0 Å². The number of aromatic nitrogens is 1. The van der Waals surface area contributed by atoms with Crippen molar-refractivity contribution in [1.29, 1.82) is 0 Å². The maximum Gasteiger partial charge on any atom is 0.236 e. The van der Waals surface area contributed by atoms with E-state index in [0.29, 0.717) is 11.6 Å².